The van der Waals surface area contributed by atoms with Crippen LogP contribution in [0.2, 0.25) is 0 Å². The summed E-state index contributed by atoms with van der Waals surface area (Å²) < 4.78 is 26.1. The fourth-order valence-corrected chi connectivity index (χ4v) is 4.53. The van der Waals surface area contributed by atoms with Crippen LogP contribution in [0.3, 0.4) is 0 Å². The van der Waals surface area contributed by atoms with E-state index >= 15 is 0 Å². The molecule has 47 heavy (non-hydrogen) atoms. The highest BCUT2D eigenvalue weighted by molar-refractivity contribution is 7.46. The predicted octanol–water partition coefficient (Wildman–Crippen LogP) is 8.92. The quantitative estimate of drug-likeness (QED) is 0.0223. The molecule has 0 amide bonds. The van der Waals surface area contributed by atoms with E-state index in [0.29, 0.717) is 25.7 Å². The van der Waals surface area contributed by atoms with Gasteiger partial charge in [-0.05, 0) is 64.2 Å². The molecule has 0 aromatic carbocycles. The summed E-state index contributed by atoms with van der Waals surface area (Å²) in [6, 6.07) is 0. The Morgan fingerprint density at radius 1 is 0.681 bits per heavy atom. The van der Waals surface area contributed by atoms with Crippen LogP contribution in [-0.4, -0.2) is 52.3 Å². The van der Waals surface area contributed by atoms with E-state index in [4.69, 9.17) is 19.3 Å². The summed E-state index contributed by atoms with van der Waals surface area (Å²) >= 11 is 0. The number of phosphoric ester groups is 1. The SMILES string of the molecule is CC/C=C\C(O)C/C=C/C=C\C/C=C\C/C=C\CCCC(=O)OC[C@H](COP(=O)(O)O)OC(=O)CCCCCCC/C=C\CCCC. The lowest BCUT2D eigenvalue weighted by Crippen LogP contribution is -2.29. The maximum absolute atomic E-state index is 12.3. The molecule has 10 heteroatoms. The molecule has 0 aromatic heterocycles. The van der Waals surface area contributed by atoms with Crippen LogP contribution in [-0.2, 0) is 28.2 Å². The van der Waals surface area contributed by atoms with Gasteiger partial charge in [-0.1, -0.05) is 119 Å². The molecule has 0 spiro atoms. The lowest BCUT2D eigenvalue weighted by atomic mass is 10.1. The molecule has 0 aliphatic carbocycles. The van der Waals surface area contributed by atoms with E-state index in [-0.39, 0.29) is 19.4 Å². The minimum atomic E-state index is -4.77. The first-order valence-corrected chi connectivity index (χ1v) is 18.9. The van der Waals surface area contributed by atoms with E-state index in [9.17, 15) is 19.3 Å². The molecule has 3 N–H and O–H groups in total. The van der Waals surface area contributed by atoms with Gasteiger partial charge in [-0.2, -0.15) is 0 Å². The summed E-state index contributed by atoms with van der Waals surface area (Å²) in [5.41, 5.74) is 0. The Labute approximate surface area is 283 Å². The van der Waals surface area contributed by atoms with Crippen LogP contribution in [0, 0.1) is 0 Å². The van der Waals surface area contributed by atoms with Gasteiger partial charge in [0.15, 0.2) is 6.10 Å². The van der Waals surface area contributed by atoms with E-state index in [0.717, 1.165) is 57.8 Å². The van der Waals surface area contributed by atoms with Gasteiger partial charge in [-0.25, -0.2) is 4.57 Å². The van der Waals surface area contributed by atoms with Crippen molar-refractivity contribution in [3.05, 3.63) is 72.9 Å². The van der Waals surface area contributed by atoms with Crippen LogP contribution >= 0.6 is 7.82 Å². The number of hydrogen-bond acceptors (Lipinski definition) is 7. The molecule has 0 saturated heterocycles. The first kappa shape index (κ1) is 44.5. The summed E-state index contributed by atoms with van der Waals surface area (Å²) in [7, 11) is -4.77. The van der Waals surface area contributed by atoms with Gasteiger partial charge in [-0.3, -0.25) is 14.1 Å². The minimum absolute atomic E-state index is 0.166. The number of hydrogen-bond donors (Lipinski definition) is 3. The topological polar surface area (TPSA) is 140 Å². The molecule has 0 bridgehead atoms. The van der Waals surface area contributed by atoms with Gasteiger partial charge in [0.2, 0.25) is 0 Å². The highest BCUT2D eigenvalue weighted by Gasteiger charge is 2.22. The van der Waals surface area contributed by atoms with Crippen molar-refractivity contribution in [2.45, 2.75) is 135 Å². The van der Waals surface area contributed by atoms with E-state index < -0.39 is 38.6 Å². The molecular weight excluding hydrogens is 619 g/mol. The van der Waals surface area contributed by atoms with Crippen molar-refractivity contribution in [3.8, 4) is 0 Å². The number of ether oxygens (including phenoxy) is 2. The van der Waals surface area contributed by atoms with Crippen molar-refractivity contribution in [3.63, 3.8) is 0 Å². The van der Waals surface area contributed by atoms with Gasteiger partial charge >= 0.3 is 19.8 Å². The number of carbonyl (C=O) groups excluding carboxylic acids is 2. The van der Waals surface area contributed by atoms with Gasteiger partial charge in [0.1, 0.15) is 6.61 Å². The normalized spacial score (nSPS) is 14.1. The number of phosphoric acid groups is 1. The van der Waals surface area contributed by atoms with Gasteiger partial charge in [0.05, 0.1) is 12.7 Å². The first-order chi connectivity index (χ1) is 22.7. The van der Waals surface area contributed by atoms with E-state index in [1.165, 1.54) is 12.8 Å². The number of aliphatic hydroxyl groups excluding tert-OH is 1. The standard InChI is InChI=1S/C37H61O9P/c1-3-5-7-8-9-10-13-18-21-24-27-31-37(40)46-35(33-45-47(41,42)43)32-44-36(39)30-26-23-20-17-15-12-11-14-16-19-22-25-29-34(38)28-6-4-2/h6,8-9,11-12,16-17,19-20,22,25,28,34-35,38H,3-5,7,10,13-15,18,21,23-24,26-27,29-33H2,1-2H3,(H2,41,42,43)/b9-8-,12-11-,19-16-,20-17-,25-22+,28-6-/t34?,35-/m1/s1. The average molecular weight is 681 g/mol. The number of aliphatic hydroxyl groups is 1. The number of esters is 2. The fourth-order valence-electron chi connectivity index (χ4n) is 4.17. The highest BCUT2D eigenvalue weighted by Crippen LogP contribution is 2.35. The van der Waals surface area contributed by atoms with Gasteiger partial charge in [0.25, 0.3) is 0 Å². The van der Waals surface area contributed by atoms with Crippen LogP contribution in [0.1, 0.15) is 123 Å². The fraction of sp³-hybridized carbons (Fsp3) is 0.622. The summed E-state index contributed by atoms with van der Waals surface area (Å²) in [6.07, 6.45) is 36.9. The second-order valence-corrected chi connectivity index (χ2v) is 12.5. The molecule has 1 unspecified atom stereocenters. The third-order valence-corrected chi connectivity index (χ3v) is 7.27. The maximum atomic E-state index is 12.3. The van der Waals surface area contributed by atoms with Crippen molar-refractivity contribution in [2.24, 2.45) is 0 Å². The van der Waals surface area contributed by atoms with E-state index in [1.54, 1.807) is 0 Å². The molecule has 0 aromatic rings. The first-order valence-electron chi connectivity index (χ1n) is 17.3. The van der Waals surface area contributed by atoms with Crippen molar-refractivity contribution in [1.29, 1.82) is 0 Å². The summed E-state index contributed by atoms with van der Waals surface area (Å²) in [5.74, 6) is -0.999. The Bertz CT molecular complexity index is 1010. The molecule has 0 aliphatic rings. The molecule has 0 aliphatic heterocycles. The maximum Gasteiger partial charge on any atom is 0.469 e. The molecule has 0 fully saturated rings. The van der Waals surface area contributed by atoms with Crippen molar-refractivity contribution in [1.82, 2.24) is 0 Å². The molecule has 9 nitrogen and oxygen atoms in total. The Morgan fingerprint density at radius 2 is 1.28 bits per heavy atom. The second kappa shape index (κ2) is 32.0. The number of unbranched alkanes of at least 4 members (excludes halogenated alkanes) is 8. The zero-order chi connectivity index (χ0) is 34.9. The highest BCUT2D eigenvalue weighted by atomic mass is 31.2. The van der Waals surface area contributed by atoms with Crippen molar-refractivity contribution < 1.29 is 43.0 Å². The van der Waals surface area contributed by atoms with Gasteiger partial charge in [0, 0.05) is 12.8 Å². The smallest absolute Gasteiger partial charge is 0.462 e. The molecule has 2 atom stereocenters. The molecule has 0 rings (SSSR count). The Balaban J connectivity index is 4.17. The average Bonchev–Trinajstić information content (AvgIpc) is 3.03. The van der Waals surface area contributed by atoms with Gasteiger partial charge < -0.3 is 24.4 Å². The van der Waals surface area contributed by atoms with Crippen LogP contribution < -0.4 is 0 Å². The number of rotatable bonds is 30. The molecule has 268 valence electrons. The summed E-state index contributed by atoms with van der Waals surface area (Å²) in [5, 5.41) is 9.72. The zero-order valence-electron chi connectivity index (χ0n) is 28.8. The molecule has 0 radical (unpaired) electrons. The van der Waals surface area contributed by atoms with Gasteiger partial charge in [-0.15, -0.1) is 0 Å². The van der Waals surface area contributed by atoms with Crippen LogP contribution in [0.5, 0.6) is 0 Å². The Kier molecular flexibility index (Phi) is 30.3. The van der Waals surface area contributed by atoms with Crippen LogP contribution in [0.25, 0.3) is 0 Å². The Morgan fingerprint density at radius 3 is 2.00 bits per heavy atom. The zero-order valence-corrected chi connectivity index (χ0v) is 29.7. The largest absolute Gasteiger partial charge is 0.469 e. The Hall–Kier alpha value is -2.55. The lowest BCUT2D eigenvalue weighted by Gasteiger charge is -2.18. The molecule has 0 saturated carbocycles. The molecule has 0 heterocycles. The van der Waals surface area contributed by atoms with E-state index in [1.807, 2.05) is 55.5 Å². The second-order valence-electron chi connectivity index (χ2n) is 11.3. The van der Waals surface area contributed by atoms with E-state index in [2.05, 4.69) is 35.8 Å². The predicted molar refractivity (Wildman–Crippen MR) is 190 cm³/mol. The summed E-state index contributed by atoms with van der Waals surface area (Å²) in [4.78, 5) is 42.5. The van der Waals surface area contributed by atoms with Crippen molar-refractivity contribution in [2.75, 3.05) is 13.2 Å². The summed E-state index contributed by atoms with van der Waals surface area (Å²) in [6.45, 7) is 3.31. The van der Waals surface area contributed by atoms with Crippen LogP contribution in [0.15, 0.2) is 72.9 Å². The number of carbonyl (C=O) groups is 2. The monoisotopic (exact) mass is 680 g/mol. The third-order valence-electron chi connectivity index (χ3n) is 6.78. The minimum Gasteiger partial charge on any atom is -0.462 e. The third kappa shape index (κ3) is 34.6. The van der Waals surface area contributed by atoms with Crippen LogP contribution in [0.4, 0.5) is 0 Å². The van der Waals surface area contributed by atoms with Crippen molar-refractivity contribution >= 4 is 19.8 Å². The lowest BCUT2D eigenvalue weighted by molar-refractivity contribution is -0.161. The molecular formula is C37H61O9P. The number of allylic oxidation sites excluding steroid dienone is 10.